The number of hydrogen-bond donors (Lipinski definition) is 0. The lowest BCUT2D eigenvalue weighted by Crippen LogP contribution is -1.85. The fourth-order valence-electron chi connectivity index (χ4n) is 1.52. The van der Waals surface area contributed by atoms with E-state index in [0.717, 1.165) is 6.42 Å². The molecule has 1 fully saturated rings. The van der Waals surface area contributed by atoms with Gasteiger partial charge >= 0.3 is 0 Å². The molecule has 2 rings (SSSR count). The molecule has 0 bridgehead atoms. The van der Waals surface area contributed by atoms with Crippen LogP contribution in [-0.2, 0) is 6.42 Å². The summed E-state index contributed by atoms with van der Waals surface area (Å²) < 4.78 is 0. The Bertz CT molecular complexity index is 287. The lowest BCUT2D eigenvalue weighted by atomic mass is 10.1. The molecule has 0 amide bonds. The highest BCUT2D eigenvalue weighted by Gasteiger charge is 2.14. The van der Waals surface area contributed by atoms with Gasteiger partial charge in [0.2, 0.25) is 0 Å². The minimum Gasteiger partial charge on any atom is -0.0703 e. The topological polar surface area (TPSA) is 0 Å². The highest BCUT2D eigenvalue weighted by molar-refractivity contribution is 5.29. The molecule has 1 aliphatic carbocycles. The molecule has 0 heteroatoms. The van der Waals surface area contributed by atoms with Crippen LogP contribution in [0.1, 0.15) is 39.2 Å². The molecular formula is C14H20. The first kappa shape index (κ1) is 11.0. The van der Waals surface area contributed by atoms with Gasteiger partial charge in [-0.3, -0.25) is 0 Å². The van der Waals surface area contributed by atoms with Gasteiger partial charge in [-0.2, -0.15) is 0 Å². The Hall–Kier alpha value is -1.04. The van der Waals surface area contributed by atoms with E-state index in [0.29, 0.717) is 0 Å². The van der Waals surface area contributed by atoms with E-state index in [1.54, 1.807) is 11.1 Å². The van der Waals surface area contributed by atoms with Gasteiger partial charge in [-0.15, -0.1) is 0 Å². The third-order valence-corrected chi connectivity index (χ3v) is 2.42. The van der Waals surface area contributed by atoms with Crippen LogP contribution in [0.3, 0.4) is 0 Å². The minimum atomic E-state index is 1.15. The molecule has 0 radical (unpaired) electrons. The molecule has 76 valence electrons. The number of allylic oxidation sites excluding steroid dienone is 2. The first-order chi connectivity index (χ1) is 6.86. The van der Waals surface area contributed by atoms with Gasteiger partial charge in [0.25, 0.3) is 0 Å². The van der Waals surface area contributed by atoms with Crippen molar-refractivity contribution >= 4 is 0 Å². The van der Waals surface area contributed by atoms with Crippen molar-refractivity contribution in [3.63, 3.8) is 0 Å². The van der Waals surface area contributed by atoms with Crippen LogP contribution in [0.5, 0.6) is 0 Å². The molecule has 14 heavy (non-hydrogen) atoms. The van der Waals surface area contributed by atoms with E-state index in [1.807, 2.05) is 13.8 Å². The molecule has 0 unspecified atom stereocenters. The van der Waals surface area contributed by atoms with Gasteiger partial charge in [0.1, 0.15) is 0 Å². The summed E-state index contributed by atoms with van der Waals surface area (Å²) in [6.07, 6.45) is 3.84. The van der Waals surface area contributed by atoms with Crippen LogP contribution in [-0.4, -0.2) is 0 Å². The summed E-state index contributed by atoms with van der Waals surface area (Å²) in [6, 6.07) is 10.7. The summed E-state index contributed by atoms with van der Waals surface area (Å²) in [5.41, 5.74) is 4.70. The van der Waals surface area contributed by atoms with Crippen molar-refractivity contribution in [1.82, 2.24) is 0 Å². The van der Waals surface area contributed by atoms with Gasteiger partial charge in [-0.25, -0.2) is 0 Å². The Morgan fingerprint density at radius 2 is 1.64 bits per heavy atom. The van der Waals surface area contributed by atoms with E-state index in [2.05, 4.69) is 37.3 Å². The predicted octanol–water partition coefficient (Wildman–Crippen LogP) is 4.37. The van der Waals surface area contributed by atoms with Gasteiger partial charge in [0.15, 0.2) is 0 Å². The van der Waals surface area contributed by atoms with Gasteiger partial charge in [0.05, 0.1) is 0 Å². The third-order valence-electron chi connectivity index (χ3n) is 2.42. The molecule has 0 heterocycles. The maximum absolute atomic E-state index is 2.26. The highest BCUT2D eigenvalue weighted by Crippen LogP contribution is 2.32. The van der Waals surface area contributed by atoms with Crippen LogP contribution in [0.15, 0.2) is 41.5 Å². The first-order valence-corrected chi connectivity index (χ1v) is 5.57. The molecule has 1 saturated carbocycles. The standard InChI is InChI=1S/C12H14.C2H6/c1-10(12-7-8-12)9-11-5-3-2-4-6-11;1-2/h2-6H,7-9H2,1H3;1-2H3. The Labute approximate surface area is 87.7 Å². The van der Waals surface area contributed by atoms with E-state index < -0.39 is 0 Å². The summed E-state index contributed by atoms with van der Waals surface area (Å²) in [4.78, 5) is 0. The van der Waals surface area contributed by atoms with Crippen molar-refractivity contribution in [3.05, 3.63) is 47.0 Å². The Balaban J connectivity index is 0.000000461. The predicted molar refractivity (Wildman–Crippen MR) is 63.4 cm³/mol. The van der Waals surface area contributed by atoms with E-state index in [4.69, 9.17) is 0 Å². The molecule has 0 N–H and O–H groups in total. The average Bonchev–Trinajstić information content (AvgIpc) is 3.05. The van der Waals surface area contributed by atoms with Crippen molar-refractivity contribution < 1.29 is 0 Å². The highest BCUT2D eigenvalue weighted by atomic mass is 14.2. The quantitative estimate of drug-likeness (QED) is 0.605. The maximum Gasteiger partial charge on any atom is -0.00672 e. The molecule has 0 spiro atoms. The van der Waals surface area contributed by atoms with Crippen molar-refractivity contribution in [3.8, 4) is 0 Å². The maximum atomic E-state index is 2.26. The molecular weight excluding hydrogens is 168 g/mol. The van der Waals surface area contributed by atoms with E-state index in [1.165, 1.54) is 18.4 Å². The lowest BCUT2D eigenvalue weighted by molar-refractivity contribution is 1.13. The molecule has 1 aromatic rings. The van der Waals surface area contributed by atoms with Crippen molar-refractivity contribution in [2.45, 2.75) is 40.0 Å². The van der Waals surface area contributed by atoms with Gasteiger partial charge in [-0.1, -0.05) is 55.3 Å². The summed E-state index contributed by atoms with van der Waals surface area (Å²) in [5, 5.41) is 0. The van der Waals surface area contributed by atoms with E-state index >= 15 is 0 Å². The Kier molecular flexibility index (Phi) is 4.45. The molecule has 0 saturated heterocycles. The summed E-state index contributed by atoms with van der Waals surface area (Å²) in [6.45, 7) is 6.26. The summed E-state index contributed by atoms with van der Waals surface area (Å²) in [5.74, 6) is 0. The molecule has 1 aromatic carbocycles. The Morgan fingerprint density at radius 1 is 1.07 bits per heavy atom. The monoisotopic (exact) mass is 188 g/mol. The van der Waals surface area contributed by atoms with Crippen molar-refractivity contribution in [1.29, 1.82) is 0 Å². The minimum absolute atomic E-state index is 1.15. The second-order valence-electron chi connectivity index (χ2n) is 3.55. The molecule has 0 aromatic heterocycles. The largest absolute Gasteiger partial charge is 0.0703 e. The third kappa shape index (κ3) is 3.37. The van der Waals surface area contributed by atoms with Crippen LogP contribution in [0.2, 0.25) is 0 Å². The summed E-state index contributed by atoms with van der Waals surface area (Å²) >= 11 is 0. The van der Waals surface area contributed by atoms with Crippen molar-refractivity contribution in [2.75, 3.05) is 0 Å². The fourth-order valence-corrected chi connectivity index (χ4v) is 1.52. The van der Waals surface area contributed by atoms with Crippen LogP contribution >= 0.6 is 0 Å². The van der Waals surface area contributed by atoms with Crippen LogP contribution in [0.25, 0.3) is 0 Å². The number of hydrogen-bond acceptors (Lipinski definition) is 0. The average molecular weight is 188 g/mol. The van der Waals surface area contributed by atoms with Gasteiger partial charge in [0, 0.05) is 0 Å². The smallest absolute Gasteiger partial charge is 0.00672 e. The Morgan fingerprint density at radius 3 is 2.14 bits per heavy atom. The number of rotatable bonds is 2. The second-order valence-corrected chi connectivity index (χ2v) is 3.55. The zero-order valence-electron chi connectivity index (χ0n) is 9.51. The van der Waals surface area contributed by atoms with E-state index in [-0.39, 0.29) is 0 Å². The van der Waals surface area contributed by atoms with Gasteiger partial charge in [-0.05, 0) is 31.7 Å². The fraction of sp³-hybridized carbons (Fsp3) is 0.429. The molecule has 0 aliphatic heterocycles. The van der Waals surface area contributed by atoms with Crippen LogP contribution in [0.4, 0.5) is 0 Å². The van der Waals surface area contributed by atoms with E-state index in [9.17, 15) is 0 Å². The molecule has 0 nitrogen and oxygen atoms in total. The second kappa shape index (κ2) is 5.64. The van der Waals surface area contributed by atoms with Crippen LogP contribution < -0.4 is 0 Å². The van der Waals surface area contributed by atoms with Crippen molar-refractivity contribution in [2.24, 2.45) is 0 Å². The first-order valence-electron chi connectivity index (χ1n) is 5.57. The molecule has 0 atom stereocenters. The van der Waals surface area contributed by atoms with Gasteiger partial charge < -0.3 is 0 Å². The number of benzene rings is 1. The molecule has 1 aliphatic rings. The zero-order chi connectivity index (χ0) is 10.4. The SMILES string of the molecule is CC.CC(Cc1ccccc1)=C1CC1. The van der Waals surface area contributed by atoms with Crippen LogP contribution in [0, 0.1) is 0 Å². The normalized spacial score (nSPS) is 12.9. The lowest BCUT2D eigenvalue weighted by Gasteiger charge is -1.99. The summed E-state index contributed by atoms with van der Waals surface area (Å²) in [7, 11) is 0. The zero-order valence-corrected chi connectivity index (χ0v) is 9.51.